The number of hydrogen-bond acceptors (Lipinski definition) is 11. The number of pyridine rings is 1. The van der Waals surface area contributed by atoms with Gasteiger partial charge in [-0.15, -0.1) is 0 Å². The Kier molecular flexibility index (Phi) is 8.31. The quantitative estimate of drug-likeness (QED) is 0.245. The predicted octanol–water partition coefficient (Wildman–Crippen LogP) is 4.00. The molecule has 13 heteroatoms. The van der Waals surface area contributed by atoms with E-state index in [4.69, 9.17) is 17.8 Å². The average Bonchev–Trinajstić information content (AvgIpc) is 3.46. The Morgan fingerprint density at radius 3 is 1.78 bits per heavy atom. The Hall–Kier alpha value is -3.91. The summed E-state index contributed by atoms with van der Waals surface area (Å²) in [6.07, 6.45) is 2.47. The number of ether oxygens (including phenoxy) is 2. The first-order valence-electron chi connectivity index (χ1n) is 12.7. The third kappa shape index (κ3) is 7.24. The van der Waals surface area contributed by atoms with Crippen LogP contribution in [-0.2, 0) is 36.1 Å². The lowest BCUT2D eigenvalue weighted by atomic mass is 10.1. The molecule has 11 nitrogen and oxygen atoms in total. The van der Waals surface area contributed by atoms with Crippen LogP contribution in [0, 0.1) is 13.8 Å². The summed E-state index contributed by atoms with van der Waals surface area (Å²) < 4.78 is 73.6. The summed E-state index contributed by atoms with van der Waals surface area (Å²) in [6, 6.07) is 16.6. The van der Waals surface area contributed by atoms with Crippen molar-refractivity contribution in [2.24, 2.45) is 0 Å². The monoisotopic (exact) mass is 597 g/mol. The predicted molar refractivity (Wildman–Crippen MR) is 147 cm³/mol. The molecule has 0 unspecified atom stereocenters. The second-order valence-electron chi connectivity index (χ2n) is 9.33. The fraction of sp³-hybridized carbons (Fsp3) is 0.250. The van der Waals surface area contributed by atoms with Gasteiger partial charge >= 0.3 is 20.2 Å². The molecule has 2 aromatic carbocycles. The summed E-state index contributed by atoms with van der Waals surface area (Å²) in [5, 5.41) is 0. The van der Waals surface area contributed by atoms with Gasteiger partial charge in [0.1, 0.15) is 15.5 Å². The maximum absolute atomic E-state index is 13.0. The Labute approximate surface area is 238 Å². The zero-order valence-corrected chi connectivity index (χ0v) is 23.9. The van der Waals surface area contributed by atoms with E-state index in [-0.39, 0.29) is 27.6 Å². The molecule has 0 amide bonds. The van der Waals surface area contributed by atoms with E-state index >= 15 is 0 Å². The first-order valence-corrected chi connectivity index (χ1v) is 15.5. The number of benzene rings is 2. The van der Waals surface area contributed by atoms with E-state index in [0.717, 1.165) is 22.8 Å². The Balaban J connectivity index is 1.49. The maximum atomic E-state index is 13.0. The van der Waals surface area contributed by atoms with Crippen LogP contribution in [0.3, 0.4) is 0 Å². The third-order valence-electron chi connectivity index (χ3n) is 6.10. The van der Waals surface area contributed by atoms with Crippen molar-refractivity contribution in [1.82, 2.24) is 15.0 Å². The molecule has 0 spiro atoms. The van der Waals surface area contributed by atoms with Gasteiger partial charge in [-0.2, -0.15) is 26.8 Å². The summed E-state index contributed by atoms with van der Waals surface area (Å²) in [5.41, 5.74) is 2.85. The molecule has 0 bridgehead atoms. The second kappa shape index (κ2) is 11.9. The van der Waals surface area contributed by atoms with Crippen LogP contribution in [0.15, 0.2) is 82.7 Å². The number of rotatable bonds is 10. The van der Waals surface area contributed by atoms with Crippen molar-refractivity contribution >= 4 is 20.2 Å². The number of aromatic nitrogens is 3. The van der Waals surface area contributed by atoms with Crippen LogP contribution in [0.1, 0.15) is 23.1 Å². The van der Waals surface area contributed by atoms with Crippen LogP contribution < -0.4 is 8.37 Å². The number of aryl methyl sites for hydroxylation is 3. The van der Waals surface area contributed by atoms with Gasteiger partial charge in [0, 0.05) is 12.6 Å². The van der Waals surface area contributed by atoms with Crippen molar-refractivity contribution in [3.8, 4) is 23.3 Å². The molecule has 0 radical (unpaired) electrons. The molecule has 1 saturated heterocycles. The zero-order chi connectivity index (χ0) is 29.0. The van der Waals surface area contributed by atoms with Crippen molar-refractivity contribution in [3.05, 3.63) is 89.6 Å². The number of nitrogens with zero attached hydrogens (tertiary/aromatic N) is 3. The highest BCUT2D eigenvalue weighted by molar-refractivity contribution is 7.87. The van der Waals surface area contributed by atoms with Crippen LogP contribution in [0.4, 0.5) is 0 Å². The van der Waals surface area contributed by atoms with Gasteiger partial charge in [0.15, 0.2) is 12.1 Å². The molecule has 0 atom stereocenters. The van der Waals surface area contributed by atoms with Crippen LogP contribution in [0.5, 0.6) is 11.8 Å². The van der Waals surface area contributed by atoms with Gasteiger partial charge in [-0.3, -0.25) is 4.98 Å². The van der Waals surface area contributed by atoms with Gasteiger partial charge in [0.2, 0.25) is 11.8 Å². The van der Waals surface area contributed by atoms with Crippen LogP contribution >= 0.6 is 0 Å². The summed E-state index contributed by atoms with van der Waals surface area (Å²) in [4.78, 5) is 12.5. The molecule has 1 fully saturated rings. The summed E-state index contributed by atoms with van der Waals surface area (Å²) >= 11 is 0. The van der Waals surface area contributed by atoms with Crippen molar-refractivity contribution in [2.75, 3.05) is 13.2 Å². The molecule has 2 aromatic heterocycles. The first kappa shape index (κ1) is 28.6. The van der Waals surface area contributed by atoms with E-state index in [0.29, 0.717) is 26.1 Å². The van der Waals surface area contributed by atoms with E-state index in [9.17, 15) is 16.8 Å². The Morgan fingerprint density at radius 2 is 1.27 bits per heavy atom. The molecule has 3 heterocycles. The third-order valence-corrected chi connectivity index (χ3v) is 8.58. The first-order chi connectivity index (χ1) is 19.6. The molecule has 0 aliphatic carbocycles. The Bertz CT molecular complexity index is 1640. The Morgan fingerprint density at radius 1 is 0.756 bits per heavy atom. The zero-order valence-electron chi connectivity index (χ0n) is 22.3. The minimum Gasteiger partial charge on any atom is -0.358 e. The largest absolute Gasteiger partial charge is 0.358 e. The molecular formula is C28H27N3O8S2. The summed E-state index contributed by atoms with van der Waals surface area (Å²) in [5.74, 6) is -0.972. The lowest BCUT2D eigenvalue weighted by Crippen LogP contribution is -2.14. The van der Waals surface area contributed by atoms with Gasteiger partial charge in [0.25, 0.3) is 0 Å². The van der Waals surface area contributed by atoms with Crippen molar-refractivity contribution in [1.29, 1.82) is 0 Å². The highest BCUT2D eigenvalue weighted by Gasteiger charge is 2.23. The molecule has 1 aliphatic rings. The van der Waals surface area contributed by atoms with E-state index < -0.39 is 32.0 Å². The molecule has 5 rings (SSSR count). The van der Waals surface area contributed by atoms with Crippen LogP contribution in [-0.4, -0.2) is 51.3 Å². The van der Waals surface area contributed by atoms with Gasteiger partial charge in [-0.05, 0) is 62.2 Å². The molecule has 41 heavy (non-hydrogen) atoms. The van der Waals surface area contributed by atoms with E-state index in [1.807, 2.05) is 13.8 Å². The fourth-order valence-corrected chi connectivity index (χ4v) is 5.70. The highest BCUT2D eigenvalue weighted by atomic mass is 32.2. The molecular weight excluding hydrogens is 570 g/mol. The minimum absolute atomic E-state index is 0.0917. The topological polar surface area (TPSA) is 144 Å². The van der Waals surface area contributed by atoms with E-state index in [2.05, 4.69) is 15.0 Å². The fourth-order valence-electron chi connectivity index (χ4n) is 3.95. The normalized spacial score (nSPS) is 14.2. The van der Waals surface area contributed by atoms with Crippen molar-refractivity contribution in [2.45, 2.75) is 42.8 Å². The minimum atomic E-state index is -4.32. The number of hydrogen-bond donors (Lipinski definition) is 0. The SMILES string of the molecule is Cc1ccc(S(=O)(=O)Oc2cc(OS(=O)(=O)c3ccc(C)cc3)nc(-c3cc(CCC4OCCO4)ccn3)n2)cc1. The summed E-state index contributed by atoms with van der Waals surface area (Å²) in [7, 11) is -8.63. The molecule has 0 saturated carbocycles. The van der Waals surface area contributed by atoms with Gasteiger partial charge in [-0.1, -0.05) is 35.4 Å². The van der Waals surface area contributed by atoms with E-state index in [1.165, 1.54) is 24.3 Å². The van der Waals surface area contributed by atoms with Crippen molar-refractivity contribution in [3.63, 3.8) is 0 Å². The van der Waals surface area contributed by atoms with E-state index in [1.54, 1.807) is 42.6 Å². The lowest BCUT2D eigenvalue weighted by Gasteiger charge is -2.12. The molecule has 214 valence electrons. The smallest absolute Gasteiger partial charge is 0.340 e. The van der Waals surface area contributed by atoms with Crippen LogP contribution in [0.2, 0.25) is 0 Å². The van der Waals surface area contributed by atoms with Gasteiger partial charge in [-0.25, -0.2) is 0 Å². The van der Waals surface area contributed by atoms with Gasteiger partial charge < -0.3 is 17.8 Å². The van der Waals surface area contributed by atoms with Gasteiger partial charge in [0.05, 0.1) is 19.3 Å². The highest BCUT2D eigenvalue weighted by Crippen LogP contribution is 2.27. The maximum Gasteiger partial charge on any atom is 0.340 e. The summed E-state index contributed by atoms with van der Waals surface area (Å²) in [6.45, 7) is 4.74. The molecule has 1 aliphatic heterocycles. The van der Waals surface area contributed by atoms with Crippen LogP contribution in [0.25, 0.3) is 11.5 Å². The molecule has 0 N–H and O–H groups in total. The lowest BCUT2D eigenvalue weighted by molar-refractivity contribution is -0.0462. The van der Waals surface area contributed by atoms with Crippen molar-refractivity contribution < 1.29 is 34.7 Å². The standard InChI is InChI=1S/C28H27N3O8S2/c1-19-3-8-22(9-4-19)40(32,33)38-25-18-26(39-41(34,35)23-10-5-20(2)6-11-23)31-28(30-25)24-17-21(13-14-29-24)7-12-27-36-15-16-37-27/h3-6,8-11,13-14,17-18,27H,7,12,15-16H2,1-2H3. The second-order valence-corrected chi connectivity index (χ2v) is 12.4. The molecule has 4 aromatic rings. The average molecular weight is 598 g/mol.